The third-order valence-electron chi connectivity index (χ3n) is 6.15. The predicted octanol–water partition coefficient (Wildman–Crippen LogP) is 5.12. The average Bonchev–Trinajstić information content (AvgIpc) is 2.99. The van der Waals surface area contributed by atoms with E-state index in [1.807, 2.05) is 13.8 Å². The molecule has 0 saturated carbocycles. The molecule has 0 radical (unpaired) electrons. The number of carbonyl (C=O) groups is 2. The van der Waals surface area contributed by atoms with Gasteiger partial charge in [-0.25, -0.2) is 0 Å². The van der Waals surface area contributed by atoms with Crippen molar-refractivity contribution in [2.45, 2.75) is 72.3 Å². The minimum atomic E-state index is -0.0684. The molecule has 1 fully saturated rings. The molecule has 1 aliphatic carbocycles. The first-order valence-corrected chi connectivity index (χ1v) is 10.6. The summed E-state index contributed by atoms with van der Waals surface area (Å²) in [6.07, 6.45) is 9.74. The van der Waals surface area contributed by atoms with Gasteiger partial charge in [0, 0.05) is 18.8 Å². The van der Waals surface area contributed by atoms with Crippen LogP contribution in [0.3, 0.4) is 0 Å². The van der Waals surface area contributed by atoms with E-state index in [9.17, 15) is 9.59 Å². The predicted molar refractivity (Wildman–Crippen MR) is 113 cm³/mol. The highest BCUT2D eigenvalue weighted by Gasteiger charge is 2.35. The quantitative estimate of drug-likeness (QED) is 0.394. The Morgan fingerprint density at radius 3 is 2.41 bits per heavy atom. The van der Waals surface area contributed by atoms with Gasteiger partial charge in [-0.1, -0.05) is 37.1 Å². The maximum atomic E-state index is 12.5. The lowest BCUT2D eigenvalue weighted by Gasteiger charge is -2.29. The topological polar surface area (TPSA) is 61.8 Å². The molecular formula is C24H36O5. The first-order chi connectivity index (χ1) is 13.8. The third-order valence-corrected chi connectivity index (χ3v) is 6.15. The van der Waals surface area contributed by atoms with E-state index in [0.717, 1.165) is 38.5 Å². The second-order valence-electron chi connectivity index (χ2n) is 8.55. The standard InChI is InChI=1S/C24H36O5/c1-15(8-7-9-16(2)12-20-13-17(3)24(26)29-20)10-11-19-14-21(27-5)23(28-6)22(25)18(19)4/h9-10,17-20H,7-8,11-14H2,1-6H3/b15-10+,16-9+. The molecule has 1 saturated heterocycles. The van der Waals surface area contributed by atoms with Gasteiger partial charge in [0.2, 0.25) is 5.78 Å². The van der Waals surface area contributed by atoms with Crippen LogP contribution in [0, 0.1) is 17.8 Å². The third kappa shape index (κ3) is 6.22. The van der Waals surface area contributed by atoms with Crippen LogP contribution < -0.4 is 0 Å². The van der Waals surface area contributed by atoms with E-state index < -0.39 is 0 Å². The molecule has 0 aromatic heterocycles. The minimum absolute atomic E-state index is 0.0282. The maximum absolute atomic E-state index is 12.5. The lowest BCUT2D eigenvalue weighted by Crippen LogP contribution is -2.30. The van der Waals surface area contributed by atoms with Crippen molar-refractivity contribution in [3.63, 3.8) is 0 Å². The van der Waals surface area contributed by atoms with Crippen LogP contribution in [0.15, 0.2) is 34.8 Å². The van der Waals surface area contributed by atoms with Crippen molar-refractivity contribution < 1.29 is 23.8 Å². The van der Waals surface area contributed by atoms with Crippen LogP contribution in [0.5, 0.6) is 0 Å². The fourth-order valence-corrected chi connectivity index (χ4v) is 4.13. The number of methoxy groups -OCH3 is 2. The van der Waals surface area contributed by atoms with Gasteiger partial charge in [-0.05, 0) is 45.4 Å². The molecule has 4 atom stereocenters. The van der Waals surface area contributed by atoms with Crippen molar-refractivity contribution >= 4 is 11.8 Å². The van der Waals surface area contributed by atoms with Gasteiger partial charge < -0.3 is 14.2 Å². The van der Waals surface area contributed by atoms with Gasteiger partial charge in [0.25, 0.3) is 0 Å². The summed E-state index contributed by atoms with van der Waals surface area (Å²) in [6.45, 7) is 8.16. The molecule has 0 amide bonds. The summed E-state index contributed by atoms with van der Waals surface area (Å²) in [4.78, 5) is 24.0. The largest absolute Gasteiger partial charge is 0.497 e. The Bertz CT molecular complexity index is 700. The van der Waals surface area contributed by atoms with Crippen molar-refractivity contribution in [3.8, 4) is 0 Å². The summed E-state index contributed by atoms with van der Waals surface area (Å²) in [5.74, 6) is 1.20. The van der Waals surface area contributed by atoms with E-state index in [1.54, 1.807) is 7.11 Å². The Kier molecular flexibility index (Phi) is 8.54. The van der Waals surface area contributed by atoms with Gasteiger partial charge >= 0.3 is 5.97 Å². The van der Waals surface area contributed by atoms with Gasteiger partial charge in [-0.2, -0.15) is 0 Å². The van der Waals surface area contributed by atoms with Gasteiger partial charge in [-0.15, -0.1) is 0 Å². The lowest BCUT2D eigenvalue weighted by molar-refractivity contribution is -0.143. The second kappa shape index (κ2) is 10.7. The zero-order valence-corrected chi connectivity index (χ0v) is 18.7. The number of allylic oxidation sites excluding steroid dienone is 5. The number of ketones is 1. The second-order valence-corrected chi connectivity index (χ2v) is 8.55. The lowest BCUT2D eigenvalue weighted by atomic mass is 9.79. The molecule has 1 aliphatic heterocycles. The van der Waals surface area contributed by atoms with Crippen molar-refractivity contribution in [1.29, 1.82) is 0 Å². The van der Waals surface area contributed by atoms with E-state index in [-0.39, 0.29) is 35.6 Å². The monoisotopic (exact) mass is 404 g/mol. The Balaban J connectivity index is 1.82. The van der Waals surface area contributed by atoms with Gasteiger partial charge in [0.1, 0.15) is 11.9 Å². The number of Topliss-reactive ketones (excluding diaryl/α,β-unsaturated/α-hetero) is 1. The minimum Gasteiger partial charge on any atom is -0.497 e. The van der Waals surface area contributed by atoms with E-state index in [4.69, 9.17) is 14.2 Å². The molecule has 0 bridgehead atoms. The highest BCUT2D eigenvalue weighted by Crippen LogP contribution is 2.35. The summed E-state index contributed by atoms with van der Waals surface area (Å²) in [5.41, 5.74) is 2.60. The Morgan fingerprint density at radius 2 is 1.83 bits per heavy atom. The fraction of sp³-hybridized carbons (Fsp3) is 0.667. The van der Waals surface area contributed by atoms with Crippen LogP contribution in [-0.4, -0.2) is 32.1 Å². The van der Waals surface area contributed by atoms with Crippen molar-refractivity contribution in [2.75, 3.05) is 14.2 Å². The van der Waals surface area contributed by atoms with Crippen LogP contribution in [0.2, 0.25) is 0 Å². The molecule has 0 aromatic carbocycles. The first-order valence-electron chi connectivity index (χ1n) is 10.6. The summed E-state index contributed by atoms with van der Waals surface area (Å²) in [5, 5.41) is 0. The molecule has 0 aromatic rings. The first kappa shape index (κ1) is 23.2. The van der Waals surface area contributed by atoms with Crippen LogP contribution in [0.25, 0.3) is 0 Å². The fourth-order valence-electron chi connectivity index (χ4n) is 4.13. The van der Waals surface area contributed by atoms with E-state index >= 15 is 0 Å². The Labute approximate surface area is 175 Å². The summed E-state index contributed by atoms with van der Waals surface area (Å²) in [7, 11) is 3.12. The number of ether oxygens (including phenoxy) is 3. The SMILES string of the molecule is COC1=C(OC)C(=O)C(C)C(C/C=C(\C)CC/C=C(\C)CC2CC(C)C(=O)O2)C1. The maximum Gasteiger partial charge on any atom is 0.309 e. The summed E-state index contributed by atoms with van der Waals surface area (Å²) in [6, 6.07) is 0. The summed E-state index contributed by atoms with van der Waals surface area (Å²) < 4.78 is 16.0. The highest BCUT2D eigenvalue weighted by molar-refractivity contribution is 5.96. The zero-order chi connectivity index (χ0) is 21.6. The molecule has 0 N–H and O–H groups in total. The number of hydrogen-bond acceptors (Lipinski definition) is 5. The normalized spacial score (nSPS) is 28.6. The van der Waals surface area contributed by atoms with Crippen molar-refractivity contribution in [3.05, 3.63) is 34.8 Å². The average molecular weight is 405 g/mol. The molecule has 162 valence electrons. The number of carbonyl (C=O) groups excluding carboxylic acids is 2. The highest BCUT2D eigenvalue weighted by atomic mass is 16.6. The van der Waals surface area contributed by atoms with Crippen molar-refractivity contribution in [2.24, 2.45) is 17.8 Å². The molecule has 5 heteroatoms. The molecule has 1 heterocycles. The van der Waals surface area contributed by atoms with Gasteiger partial charge in [0.05, 0.1) is 20.1 Å². The van der Waals surface area contributed by atoms with Crippen LogP contribution in [-0.2, 0) is 23.8 Å². The number of cyclic esters (lactones) is 1. The zero-order valence-electron chi connectivity index (χ0n) is 18.7. The number of rotatable bonds is 9. The smallest absolute Gasteiger partial charge is 0.309 e. The number of esters is 1. The molecule has 2 aliphatic rings. The molecule has 2 rings (SSSR count). The van der Waals surface area contributed by atoms with Gasteiger partial charge in [0.15, 0.2) is 5.76 Å². The van der Waals surface area contributed by atoms with E-state index in [1.165, 1.54) is 18.3 Å². The van der Waals surface area contributed by atoms with E-state index in [2.05, 4.69) is 26.0 Å². The molecule has 29 heavy (non-hydrogen) atoms. The molecular weight excluding hydrogens is 368 g/mol. The van der Waals surface area contributed by atoms with Gasteiger partial charge in [-0.3, -0.25) is 9.59 Å². The number of hydrogen-bond donors (Lipinski definition) is 0. The molecule has 0 spiro atoms. The van der Waals surface area contributed by atoms with Crippen LogP contribution >= 0.6 is 0 Å². The summed E-state index contributed by atoms with van der Waals surface area (Å²) >= 11 is 0. The molecule has 4 unspecified atom stereocenters. The van der Waals surface area contributed by atoms with Crippen LogP contribution in [0.4, 0.5) is 0 Å². The Hall–Kier alpha value is -2.04. The van der Waals surface area contributed by atoms with Crippen molar-refractivity contribution in [1.82, 2.24) is 0 Å². The van der Waals surface area contributed by atoms with E-state index in [0.29, 0.717) is 11.5 Å². The Morgan fingerprint density at radius 1 is 1.10 bits per heavy atom. The molecule has 5 nitrogen and oxygen atoms in total. The van der Waals surface area contributed by atoms with Crippen LogP contribution in [0.1, 0.15) is 66.2 Å².